The van der Waals surface area contributed by atoms with Gasteiger partial charge in [0.2, 0.25) is 0 Å². The lowest BCUT2D eigenvalue weighted by atomic mass is 10.2. The monoisotopic (exact) mass is 397 g/mol. The molecule has 1 heterocycles. The highest BCUT2D eigenvalue weighted by atomic mass is 32.2. The van der Waals surface area contributed by atoms with Crippen LogP contribution in [0.15, 0.2) is 73.3 Å². The summed E-state index contributed by atoms with van der Waals surface area (Å²) in [6.45, 7) is 6.25. The Balaban J connectivity index is 1.63. The molecule has 0 amide bonds. The smallest absolute Gasteiger partial charge is 0.252 e. The Kier molecular flexibility index (Phi) is 6.61. The van der Waals surface area contributed by atoms with Crippen molar-refractivity contribution in [3.05, 3.63) is 48.5 Å². The molecule has 3 rings (SSSR count). The lowest BCUT2D eigenvalue weighted by Crippen LogP contribution is -2.21. The van der Waals surface area contributed by atoms with Crippen LogP contribution in [0.2, 0.25) is 0 Å². The van der Waals surface area contributed by atoms with Crippen molar-refractivity contribution in [3.8, 4) is 0 Å². The molecule has 0 radical (unpaired) electrons. The molecule has 27 heavy (non-hydrogen) atoms. The summed E-state index contributed by atoms with van der Waals surface area (Å²) in [4.78, 5) is 2.28. The van der Waals surface area contributed by atoms with Crippen LogP contribution in [0.1, 0.15) is 13.8 Å². The Morgan fingerprint density at radius 1 is 0.778 bits per heavy atom. The first kappa shape index (κ1) is 19.1. The van der Waals surface area contributed by atoms with Crippen LogP contribution in [0.4, 0.5) is 27.9 Å². The second-order valence-electron chi connectivity index (χ2n) is 5.47. The number of benzene rings is 2. The Morgan fingerprint density at radius 2 is 1.26 bits per heavy atom. The van der Waals surface area contributed by atoms with Crippen molar-refractivity contribution >= 4 is 51.8 Å². The predicted octanol–water partition coefficient (Wildman–Crippen LogP) is 6.50. The van der Waals surface area contributed by atoms with Gasteiger partial charge in [-0.25, -0.2) is 0 Å². The topological polar surface area (TPSA) is 78.5 Å². The van der Waals surface area contributed by atoms with E-state index in [-0.39, 0.29) is 0 Å². The normalized spacial score (nSPS) is 11.5. The van der Waals surface area contributed by atoms with Crippen molar-refractivity contribution in [2.75, 3.05) is 18.0 Å². The van der Waals surface area contributed by atoms with Crippen molar-refractivity contribution in [2.24, 2.45) is 20.5 Å². The number of azo groups is 2. The van der Waals surface area contributed by atoms with Crippen LogP contribution in [0, 0.1) is 0 Å². The van der Waals surface area contributed by atoms with Crippen LogP contribution < -0.4 is 4.90 Å². The van der Waals surface area contributed by atoms with Gasteiger partial charge in [0.1, 0.15) is 0 Å². The number of aromatic nitrogens is 2. The van der Waals surface area contributed by atoms with Crippen LogP contribution >= 0.6 is 24.0 Å². The lowest BCUT2D eigenvalue weighted by molar-refractivity contribution is 0.866. The molecule has 0 spiro atoms. The van der Waals surface area contributed by atoms with Crippen LogP contribution in [-0.4, -0.2) is 23.3 Å². The van der Waals surface area contributed by atoms with Gasteiger partial charge < -0.3 is 4.90 Å². The highest BCUT2D eigenvalue weighted by Gasteiger charge is 2.01. The summed E-state index contributed by atoms with van der Waals surface area (Å²) in [5.41, 5.74) is 3.45. The van der Waals surface area contributed by atoms with Crippen molar-refractivity contribution in [3.63, 3.8) is 0 Å². The zero-order chi connectivity index (χ0) is 19.1. The van der Waals surface area contributed by atoms with E-state index in [1.165, 1.54) is 17.0 Å². The first-order valence-corrected chi connectivity index (χ1v) is 9.75. The molecule has 0 bridgehead atoms. The molecule has 0 aliphatic rings. The molecule has 7 nitrogen and oxygen atoms in total. The molecule has 3 aromatic rings. The maximum absolute atomic E-state index is 4.28. The van der Waals surface area contributed by atoms with Crippen LogP contribution in [-0.2, 0) is 0 Å². The fourth-order valence-electron chi connectivity index (χ4n) is 2.37. The minimum atomic E-state index is 0.469. The number of hydrogen-bond acceptors (Lipinski definition) is 9. The van der Waals surface area contributed by atoms with Crippen molar-refractivity contribution in [1.82, 2.24) is 10.2 Å². The fraction of sp³-hybridized carbons (Fsp3) is 0.222. The minimum Gasteiger partial charge on any atom is -0.372 e. The van der Waals surface area contributed by atoms with Gasteiger partial charge in [0.15, 0.2) is 4.34 Å². The Morgan fingerprint density at radius 3 is 1.70 bits per heavy atom. The van der Waals surface area contributed by atoms with Crippen LogP contribution in [0.5, 0.6) is 0 Å². The molecule has 138 valence electrons. The Hall–Kier alpha value is -2.65. The van der Waals surface area contributed by atoms with Crippen molar-refractivity contribution < 1.29 is 0 Å². The summed E-state index contributed by atoms with van der Waals surface area (Å²) < 4.78 is 0.560. The minimum absolute atomic E-state index is 0.469. The summed E-state index contributed by atoms with van der Waals surface area (Å²) in [7, 11) is 0. The van der Waals surface area contributed by atoms with E-state index >= 15 is 0 Å². The number of thiol groups is 1. The third kappa shape index (κ3) is 5.41. The Labute approximate surface area is 167 Å². The van der Waals surface area contributed by atoms with Gasteiger partial charge in [-0.1, -0.05) is 11.3 Å². The number of hydrogen-bond donors (Lipinski definition) is 1. The molecule has 0 fully saturated rings. The molecule has 0 aliphatic carbocycles. The highest BCUT2D eigenvalue weighted by Crippen LogP contribution is 2.26. The van der Waals surface area contributed by atoms with Gasteiger partial charge >= 0.3 is 0 Å². The van der Waals surface area contributed by atoms with Gasteiger partial charge in [0.25, 0.3) is 5.13 Å². The van der Waals surface area contributed by atoms with Gasteiger partial charge in [0.05, 0.1) is 17.1 Å². The van der Waals surface area contributed by atoms with E-state index in [2.05, 4.69) is 74.2 Å². The molecular weight excluding hydrogens is 378 g/mol. The van der Waals surface area contributed by atoms with Crippen molar-refractivity contribution in [2.45, 2.75) is 18.2 Å². The SMILES string of the molecule is CCN(CC)c1ccc(N=Nc2ccc(N=Nc3nnc(S)s3)cc2)cc1. The van der Waals surface area contributed by atoms with Crippen LogP contribution in [0.25, 0.3) is 0 Å². The van der Waals surface area contributed by atoms with E-state index in [1.54, 1.807) is 0 Å². The summed E-state index contributed by atoms with van der Waals surface area (Å²) in [6.07, 6.45) is 0. The van der Waals surface area contributed by atoms with E-state index in [0.717, 1.165) is 24.5 Å². The third-order valence-corrected chi connectivity index (χ3v) is 4.74. The summed E-state index contributed by atoms with van der Waals surface area (Å²) >= 11 is 5.36. The van der Waals surface area contributed by atoms with Gasteiger partial charge in [-0.3, -0.25) is 0 Å². The van der Waals surface area contributed by atoms with Gasteiger partial charge in [-0.15, -0.1) is 33.1 Å². The molecule has 0 saturated heterocycles. The number of nitrogens with zero attached hydrogens (tertiary/aromatic N) is 7. The summed E-state index contributed by atoms with van der Waals surface area (Å²) in [5, 5.41) is 24.8. The van der Waals surface area contributed by atoms with Gasteiger partial charge in [0, 0.05) is 18.8 Å². The van der Waals surface area contributed by atoms with E-state index in [0.29, 0.717) is 15.2 Å². The second kappa shape index (κ2) is 9.33. The predicted molar refractivity (Wildman–Crippen MR) is 112 cm³/mol. The molecular formula is C18H19N7S2. The van der Waals surface area contributed by atoms with Crippen LogP contribution in [0.3, 0.4) is 0 Å². The Bertz CT molecular complexity index is 914. The quantitative estimate of drug-likeness (QED) is 0.365. The summed E-state index contributed by atoms with van der Waals surface area (Å²) in [6, 6.07) is 15.4. The molecule has 0 aliphatic heterocycles. The number of rotatable bonds is 7. The maximum Gasteiger partial charge on any atom is 0.252 e. The first-order valence-electron chi connectivity index (χ1n) is 8.49. The zero-order valence-corrected chi connectivity index (χ0v) is 16.7. The van der Waals surface area contributed by atoms with Gasteiger partial charge in [-0.2, -0.15) is 10.2 Å². The van der Waals surface area contributed by atoms with Gasteiger partial charge in [-0.05, 0) is 62.4 Å². The molecule has 0 atom stereocenters. The second-order valence-corrected chi connectivity index (χ2v) is 7.15. The molecule has 0 saturated carbocycles. The summed E-state index contributed by atoms with van der Waals surface area (Å²) in [5.74, 6) is 0. The van der Waals surface area contributed by atoms with E-state index < -0.39 is 0 Å². The van der Waals surface area contributed by atoms with Crippen molar-refractivity contribution in [1.29, 1.82) is 0 Å². The lowest BCUT2D eigenvalue weighted by Gasteiger charge is -2.20. The van der Waals surface area contributed by atoms with E-state index in [1.807, 2.05) is 36.4 Å². The molecule has 1 aromatic heterocycles. The average molecular weight is 398 g/mol. The van der Waals surface area contributed by atoms with E-state index in [4.69, 9.17) is 0 Å². The largest absolute Gasteiger partial charge is 0.372 e. The highest BCUT2D eigenvalue weighted by molar-refractivity contribution is 7.82. The average Bonchev–Trinajstić information content (AvgIpc) is 3.13. The number of anilines is 1. The van der Waals surface area contributed by atoms with E-state index in [9.17, 15) is 0 Å². The molecule has 9 heteroatoms. The fourth-order valence-corrected chi connectivity index (χ4v) is 3.07. The molecule has 0 unspecified atom stereocenters. The first-order chi connectivity index (χ1) is 13.2. The third-order valence-electron chi connectivity index (χ3n) is 3.76. The molecule has 2 aromatic carbocycles. The maximum atomic E-state index is 4.28. The standard InChI is InChI=1S/C18H19N7S2/c1-3-25(4-2)16-11-9-15(10-12-16)20-19-13-5-7-14(8-6-13)21-22-17-23-24-18(26)27-17/h5-12H,3-4H2,1-2H3,(H,24,26). The molecule has 0 N–H and O–H groups in total. The zero-order valence-electron chi connectivity index (χ0n) is 15.0.